The molecular weight excluding hydrogens is 272 g/mol. The maximum Gasteiger partial charge on any atom is 0.230 e. The molecule has 0 heterocycles. The average Bonchev–Trinajstić information content (AvgIpc) is 2.28. The van der Waals surface area contributed by atoms with Gasteiger partial charge in [0.1, 0.15) is 0 Å². The highest BCUT2D eigenvalue weighted by Gasteiger charge is 2.10. The van der Waals surface area contributed by atoms with E-state index in [-0.39, 0.29) is 17.7 Å². The summed E-state index contributed by atoms with van der Waals surface area (Å²) in [6.07, 6.45) is 0. The molecule has 0 aliphatic rings. The topological polar surface area (TPSA) is 64.3 Å². The molecule has 3 N–H and O–H groups in total. The highest BCUT2D eigenvalue weighted by Crippen LogP contribution is 2.32. The average molecular weight is 289 g/mol. The van der Waals surface area contributed by atoms with Crippen molar-refractivity contribution in [2.75, 3.05) is 25.2 Å². The standard InChI is InChI=1S/C12H17ClN2O2S/c1-8(6-17-2)15-11(16)7-18-12-9(13)4-3-5-10(12)14/h3-5,8H,6-7,14H2,1-2H3,(H,15,16). The van der Waals surface area contributed by atoms with Crippen LogP contribution in [0.25, 0.3) is 0 Å². The lowest BCUT2D eigenvalue weighted by atomic mass is 10.3. The van der Waals surface area contributed by atoms with Crippen molar-refractivity contribution in [1.29, 1.82) is 0 Å². The number of halogens is 1. The van der Waals surface area contributed by atoms with Crippen LogP contribution in [0.4, 0.5) is 5.69 Å². The minimum Gasteiger partial charge on any atom is -0.398 e. The van der Waals surface area contributed by atoms with Crippen molar-refractivity contribution >= 4 is 35.0 Å². The molecule has 0 saturated heterocycles. The molecule has 6 heteroatoms. The van der Waals surface area contributed by atoms with Crippen LogP contribution in [-0.4, -0.2) is 31.4 Å². The van der Waals surface area contributed by atoms with Gasteiger partial charge in [0.15, 0.2) is 0 Å². The van der Waals surface area contributed by atoms with Gasteiger partial charge in [0.05, 0.1) is 17.4 Å². The van der Waals surface area contributed by atoms with Gasteiger partial charge in [-0.25, -0.2) is 0 Å². The number of nitrogens with two attached hydrogens (primary N) is 1. The number of nitrogens with one attached hydrogen (secondary N) is 1. The third-order valence-corrected chi connectivity index (χ3v) is 3.75. The van der Waals surface area contributed by atoms with Crippen LogP contribution in [0.5, 0.6) is 0 Å². The summed E-state index contributed by atoms with van der Waals surface area (Å²) in [6, 6.07) is 5.29. The summed E-state index contributed by atoms with van der Waals surface area (Å²) in [5, 5.41) is 3.39. The monoisotopic (exact) mass is 288 g/mol. The second kappa shape index (κ2) is 7.51. The lowest BCUT2D eigenvalue weighted by molar-refractivity contribution is -0.119. The van der Waals surface area contributed by atoms with E-state index < -0.39 is 0 Å². The fraction of sp³-hybridized carbons (Fsp3) is 0.417. The third kappa shape index (κ3) is 4.76. The molecule has 18 heavy (non-hydrogen) atoms. The third-order valence-electron chi connectivity index (χ3n) is 2.17. The van der Waals surface area contributed by atoms with Crippen molar-refractivity contribution in [2.45, 2.75) is 17.9 Å². The number of amides is 1. The molecule has 100 valence electrons. The quantitative estimate of drug-likeness (QED) is 0.622. The molecule has 0 saturated carbocycles. The molecule has 1 atom stereocenters. The zero-order chi connectivity index (χ0) is 13.5. The fourth-order valence-electron chi connectivity index (χ4n) is 1.42. The summed E-state index contributed by atoms with van der Waals surface area (Å²) in [6.45, 7) is 2.38. The van der Waals surface area contributed by atoms with Gasteiger partial charge in [0.25, 0.3) is 0 Å². The molecule has 0 aliphatic carbocycles. The van der Waals surface area contributed by atoms with Crippen LogP contribution in [0.15, 0.2) is 23.1 Å². The minimum atomic E-state index is -0.0659. The maximum atomic E-state index is 11.7. The van der Waals surface area contributed by atoms with Crippen LogP contribution < -0.4 is 11.1 Å². The molecule has 0 radical (unpaired) electrons. The summed E-state index contributed by atoms with van der Waals surface area (Å²) < 4.78 is 4.94. The molecule has 0 aliphatic heterocycles. The summed E-state index contributed by atoms with van der Waals surface area (Å²) in [4.78, 5) is 12.4. The maximum absolute atomic E-state index is 11.7. The Kier molecular flexibility index (Phi) is 6.32. The Balaban J connectivity index is 2.48. The van der Waals surface area contributed by atoms with Crippen LogP contribution in [0.3, 0.4) is 0 Å². The van der Waals surface area contributed by atoms with Crippen molar-refractivity contribution in [3.8, 4) is 0 Å². The number of carbonyl (C=O) groups is 1. The van der Waals surface area contributed by atoms with Crippen molar-refractivity contribution in [2.24, 2.45) is 0 Å². The van der Waals surface area contributed by atoms with E-state index in [4.69, 9.17) is 22.1 Å². The predicted molar refractivity (Wildman–Crippen MR) is 76.1 cm³/mol. The Labute approximate surface area is 116 Å². The molecule has 1 aromatic carbocycles. The highest BCUT2D eigenvalue weighted by molar-refractivity contribution is 8.00. The number of rotatable bonds is 6. The summed E-state index contributed by atoms with van der Waals surface area (Å²) in [5.41, 5.74) is 6.39. The largest absolute Gasteiger partial charge is 0.398 e. The van der Waals surface area contributed by atoms with E-state index in [1.54, 1.807) is 25.3 Å². The van der Waals surface area contributed by atoms with Crippen LogP contribution in [0, 0.1) is 0 Å². The first-order valence-electron chi connectivity index (χ1n) is 5.49. The molecule has 0 spiro atoms. The summed E-state index contributed by atoms with van der Waals surface area (Å²) in [5.74, 6) is 0.214. The first-order valence-corrected chi connectivity index (χ1v) is 6.86. The van der Waals surface area contributed by atoms with Crippen LogP contribution in [0.2, 0.25) is 5.02 Å². The lowest BCUT2D eigenvalue weighted by Crippen LogP contribution is -2.36. The van der Waals surface area contributed by atoms with Gasteiger partial charge in [0, 0.05) is 23.7 Å². The van der Waals surface area contributed by atoms with Gasteiger partial charge in [-0.2, -0.15) is 0 Å². The van der Waals surface area contributed by atoms with Gasteiger partial charge >= 0.3 is 0 Å². The Bertz CT molecular complexity index is 395. The van der Waals surface area contributed by atoms with Gasteiger partial charge in [0.2, 0.25) is 5.91 Å². The molecule has 0 fully saturated rings. The van der Waals surface area contributed by atoms with Crippen LogP contribution >= 0.6 is 23.4 Å². The van der Waals surface area contributed by atoms with Gasteiger partial charge < -0.3 is 15.8 Å². The van der Waals surface area contributed by atoms with Crippen LogP contribution in [0.1, 0.15) is 6.92 Å². The van der Waals surface area contributed by atoms with Gasteiger partial charge in [-0.1, -0.05) is 17.7 Å². The molecule has 0 aromatic heterocycles. The number of anilines is 1. The second-order valence-corrected chi connectivity index (χ2v) is 5.26. The van der Waals surface area contributed by atoms with Crippen molar-refractivity contribution in [1.82, 2.24) is 5.32 Å². The summed E-state index contributed by atoms with van der Waals surface area (Å²) >= 11 is 7.35. The Hall–Kier alpha value is -0.910. The second-order valence-electron chi connectivity index (χ2n) is 3.87. The van der Waals surface area contributed by atoms with Crippen molar-refractivity contribution < 1.29 is 9.53 Å². The van der Waals surface area contributed by atoms with Gasteiger partial charge in [-0.15, -0.1) is 11.8 Å². The van der Waals surface area contributed by atoms with Gasteiger partial charge in [-0.3, -0.25) is 4.79 Å². The van der Waals surface area contributed by atoms with Crippen LogP contribution in [-0.2, 0) is 9.53 Å². The molecule has 1 aromatic rings. The number of ether oxygens (including phenoxy) is 1. The Morgan fingerprint density at radius 3 is 2.94 bits per heavy atom. The smallest absolute Gasteiger partial charge is 0.230 e. The number of carbonyl (C=O) groups excluding carboxylic acids is 1. The molecular formula is C12H17ClN2O2S. The Morgan fingerprint density at radius 2 is 2.33 bits per heavy atom. The van der Waals surface area contributed by atoms with E-state index in [9.17, 15) is 4.79 Å². The zero-order valence-electron chi connectivity index (χ0n) is 10.4. The molecule has 1 rings (SSSR count). The molecule has 1 unspecified atom stereocenters. The normalized spacial score (nSPS) is 12.2. The van der Waals surface area contributed by atoms with E-state index in [0.29, 0.717) is 17.3 Å². The lowest BCUT2D eigenvalue weighted by Gasteiger charge is -2.13. The number of benzene rings is 1. The van der Waals surface area contributed by atoms with E-state index in [1.807, 2.05) is 6.92 Å². The molecule has 0 bridgehead atoms. The zero-order valence-corrected chi connectivity index (χ0v) is 12.0. The fourth-order valence-corrected chi connectivity index (χ4v) is 2.57. The van der Waals surface area contributed by atoms with E-state index in [0.717, 1.165) is 4.90 Å². The van der Waals surface area contributed by atoms with Gasteiger partial charge in [-0.05, 0) is 19.1 Å². The van der Waals surface area contributed by atoms with E-state index in [2.05, 4.69) is 5.32 Å². The Morgan fingerprint density at radius 1 is 1.61 bits per heavy atom. The van der Waals surface area contributed by atoms with Crippen molar-refractivity contribution in [3.63, 3.8) is 0 Å². The number of hydrogen-bond acceptors (Lipinski definition) is 4. The minimum absolute atomic E-state index is 0.00769. The van der Waals surface area contributed by atoms with E-state index >= 15 is 0 Å². The molecule has 4 nitrogen and oxygen atoms in total. The number of methoxy groups -OCH3 is 1. The highest BCUT2D eigenvalue weighted by atomic mass is 35.5. The van der Waals surface area contributed by atoms with E-state index in [1.165, 1.54) is 11.8 Å². The number of hydrogen-bond donors (Lipinski definition) is 2. The number of thioether (sulfide) groups is 1. The summed E-state index contributed by atoms with van der Waals surface area (Å²) in [7, 11) is 1.60. The predicted octanol–water partition coefficient (Wildman–Crippen LogP) is 2.17. The first-order chi connectivity index (χ1) is 8.54. The number of nitrogen functional groups attached to an aromatic ring is 1. The molecule has 1 amide bonds. The SMILES string of the molecule is COCC(C)NC(=O)CSc1c(N)cccc1Cl. The van der Waals surface area contributed by atoms with Crippen molar-refractivity contribution in [3.05, 3.63) is 23.2 Å². The first kappa shape index (κ1) is 15.1.